The fourth-order valence-electron chi connectivity index (χ4n) is 2.62. The van der Waals surface area contributed by atoms with Gasteiger partial charge in [0.1, 0.15) is 11.5 Å². The van der Waals surface area contributed by atoms with Crippen LogP contribution in [0.4, 0.5) is 0 Å². The molecule has 7 heteroatoms. The molecule has 0 spiro atoms. The zero-order valence-corrected chi connectivity index (χ0v) is 15.9. The number of amides is 1. The van der Waals surface area contributed by atoms with Crippen molar-refractivity contribution >= 4 is 15.9 Å². The standard InChI is InChI=1S/C21H20N2O4S/c22-28(25,26)18-12-10-16(11-13-18)14-15-23-21(24)19-8-4-5-9-20(19)27-17-6-2-1-3-7-17/h1-13H,14-15H2,(H,23,24)(H2,22,25,26). The van der Waals surface area contributed by atoms with Gasteiger partial charge in [-0.15, -0.1) is 0 Å². The first kappa shape index (κ1) is 19.6. The number of primary sulfonamides is 1. The van der Waals surface area contributed by atoms with Gasteiger partial charge in [0.05, 0.1) is 10.5 Å². The molecule has 3 N–H and O–H groups in total. The van der Waals surface area contributed by atoms with Crippen molar-refractivity contribution < 1.29 is 17.9 Å². The Morgan fingerprint density at radius 3 is 2.21 bits per heavy atom. The molecule has 0 atom stereocenters. The molecule has 3 aromatic rings. The maximum Gasteiger partial charge on any atom is 0.255 e. The molecule has 1 amide bonds. The number of para-hydroxylation sites is 2. The number of nitrogens with one attached hydrogen (secondary N) is 1. The summed E-state index contributed by atoms with van der Waals surface area (Å²) in [6.45, 7) is 0.396. The SMILES string of the molecule is NS(=O)(=O)c1ccc(CCNC(=O)c2ccccc2Oc2ccccc2)cc1. The van der Waals surface area contributed by atoms with Crippen molar-refractivity contribution in [2.75, 3.05) is 6.54 Å². The van der Waals surface area contributed by atoms with E-state index in [4.69, 9.17) is 9.88 Å². The second-order valence-corrected chi connectivity index (χ2v) is 7.67. The number of hydrogen-bond donors (Lipinski definition) is 2. The van der Waals surface area contributed by atoms with E-state index in [1.54, 1.807) is 30.3 Å². The summed E-state index contributed by atoms with van der Waals surface area (Å²) < 4.78 is 28.4. The molecular formula is C21H20N2O4S. The Balaban J connectivity index is 1.61. The van der Waals surface area contributed by atoms with Gasteiger partial charge in [0, 0.05) is 6.54 Å². The van der Waals surface area contributed by atoms with E-state index >= 15 is 0 Å². The number of carbonyl (C=O) groups excluding carboxylic acids is 1. The third-order valence-corrected chi connectivity index (χ3v) is 4.98. The normalized spacial score (nSPS) is 11.0. The van der Waals surface area contributed by atoms with Crippen molar-refractivity contribution in [2.24, 2.45) is 5.14 Å². The second kappa shape index (κ2) is 8.69. The molecule has 0 aliphatic rings. The van der Waals surface area contributed by atoms with Crippen molar-refractivity contribution in [1.82, 2.24) is 5.32 Å². The molecular weight excluding hydrogens is 376 g/mol. The van der Waals surface area contributed by atoms with Crippen LogP contribution >= 0.6 is 0 Å². The highest BCUT2D eigenvalue weighted by Crippen LogP contribution is 2.24. The molecule has 28 heavy (non-hydrogen) atoms. The first-order valence-corrected chi connectivity index (χ1v) is 10.2. The molecule has 0 saturated carbocycles. The monoisotopic (exact) mass is 396 g/mol. The van der Waals surface area contributed by atoms with Gasteiger partial charge in [-0.1, -0.05) is 42.5 Å². The lowest BCUT2D eigenvalue weighted by atomic mass is 10.1. The van der Waals surface area contributed by atoms with E-state index < -0.39 is 10.0 Å². The summed E-state index contributed by atoms with van der Waals surface area (Å²) in [6.07, 6.45) is 0.554. The number of ether oxygens (including phenoxy) is 1. The van der Waals surface area contributed by atoms with Crippen molar-refractivity contribution in [3.05, 3.63) is 90.0 Å². The van der Waals surface area contributed by atoms with E-state index in [1.807, 2.05) is 36.4 Å². The lowest BCUT2D eigenvalue weighted by molar-refractivity contribution is 0.0952. The van der Waals surface area contributed by atoms with Gasteiger partial charge >= 0.3 is 0 Å². The van der Waals surface area contributed by atoms with Gasteiger partial charge in [-0.3, -0.25) is 4.79 Å². The molecule has 6 nitrogen and oxygen atoms in total. The molecule has 0 bridgehead atoms. The van der Waals surface area contributed by atoms with Crippen LogP contribution in [0.2, 0.25) is 0 Å². The van der Waals surface area contributed by atoms with Gasteiger partial charge in [-0.25, -0.2) is 13.6 Å². The predicted molar refractivity (Wildman–Crippen MR) is 107 cm³/mol. The topological polar surface area (TPSA) is 98.5 Å². The van der Waals surface area contributed by atoms with Crippen LogP contribution in [0.15, 0.2) is 83.8 Å². The van der Waals surface area contributed by atoms with Gasteiger partial charge in [0.25, 0.3) is 5.91 Å². The fourth-order valence-corrected chi connectivity index (χ4v) is 3.14. The van der Waals surface area contributed by atoms with E-state index in [1.165, 1.54) is 12.1 Å². The maximum absolute atomic E-state index is 12.5. The number of hydrogen-bond acceptors (Lipinski definition) is 4. The summed E-state index contributed by atoms with van der Waals surface area (Å²) in [7, 11) is -3.70. The van der Waals surface area contributed by atoms with E-state index in [2.05, 4.69) is 5.32 Å². The lowest BCUT2D eigenvalue weighted by Crippen LogP contribution is -2.26. The molecule has 0 aliphatic heterocycles. The average molecular weight is 396 g/mol. The Hall–Kier alpha value is -3.16. The number of nitrogens with two attached hydrogens (primary N) is 1. The molecule has 0 aliphatic carbocycles. The molecule has 0 fully saturated rings. The minimum absolute atomic E-state index is 0.0623. The van der Waals surface area contributed by atoms with Gasteiger partial charge in [-0.05, 0) is 48.4 Å². The minimum Gasteiger partial charge on any atom is -0.457 e. The molecule has 0 saturated heterocycles. The van der Waals surface area contributed by atoms with Crippen molar-refractivity contribution in [3.8, 4) is 11.5 Å². The first-order valence-electron chi connectivity index (χ1n) is 8.65. The van der Waals surface area contributed by atoms with Crippen LogP contribution in [0.5, 0.6) is 11.5 Å². The van der Waals surface area contributed by atoms with Crippen LogP contribution in [-0.2, 0) is 16.4 Å². The summed E-state index contributed by atoms with van der Waals surface area (Å²) >= 11 is 0. The molecule has 3 rings (SSSR count). The van der Waals surface area contributed by atoms with E-state index in [-0.39, 0.29) is 10.8 Å². The van der Waals surface area contributed by atoms with Gasteiger partial charge in [0.15, 0.2) is 0 Å². The lowest BCUT2D eigenvalue weighted by Gasteiger charge is -2.11. The zero-order valence-electron chi connectivity index (χ0n) is 15.0. The van der Waals surface area contributed by atoms with Crippen LogP contribution in [-0.4, -0.2) is 20.9 Å². The van der Waals surface area contributed by atoms with E-state index in [0.29, 0.717) is 30.0 Å². The predicted octanol–water partition coefficient (Wildman–Crippen LogP) is 3.10. The highest BCUT2D eigenvalue weighted by atomic mass is 32.2. The number of rotatable bonds is 7. The number of sulfonamides is 1. The molecule has 0 aromatic heterocycles. The van der Waals surface area contributed by atoms with Crippen molar-refractivity contribution in [2.45, 2.75) is 11.3 Å². The third kappa shape index (κ3) is 5.18. The zero-order chi connectivity index (χ0) is 20.0. The minimum atomic E-state index is -3.70. The Kier molecular flexibility index (Phi) is 6.08. The largest absolute Gasteiger partial charge is 0.457 e. The summed E-state index contributed by atoms with van der Waals surface area (Å²) in [5.74, 6) is 0.883. The second-order valence-electron chi connectivity index (χ2n) is 6.11. The van der Waals surface area contributed by atoms with Crippen LogP contribution in [0.25, 0.3) is 0 Å². The first-order chi connectivity index (χ1) is 13.4. The third-order valence-electron chi connectivity index (χ3n) is 4.05. The van der Waals surface area contributed by atoms with E-state index in [0.717, 1.165) is 5.56 Å². The quantitative estimate of drug-likeness (QED) is 0.641. The summed E-state index contributed by atoms with van der Waals surface area (Å²) in [6, 6.07) is 22.5. The summed E-state index contributed by atoms with van der Waals surface area (Å²) in [5.41, 5.74) is 1.33. The highest BCUT2D eigenvalue weighted by molar-refractivity contribution is 7.89. The van der Waals surface area contributed by atoms with Gasteiger partial charge in [-0.2, -0.15) is 0 Å². The molecule has 144 valence electrons. The highest BCUT2D eigenvalue weighted by Gasteiger charge is 2.12. The Morgan fingerprint density at radius 2 is 1.54 bits per heavy atom. The molecule has 0 heterocycles. The Bertz CT molecular complexity index is 1050. The summed E-state index contributed by atoms with van der Waals surface area (Å²) in [5, 5.41) is 7.94. The van der Waals surface area contributed by atoms with Crippen molar-refractivity contribution in [3.63, 3.8) is 0 Å². The van der Waals surface area contributed by atoms with Crippen LogP contribution in [0.1, 0.15) is 15.9 Å². The smallest absolute Gasteiger partial charge is 0.255 e. The van der Waals surface area contributed by atoms with Gasteiger partial charge in [0.2, 0.25) is 10.0 Å². The summed E-state index contributed by atoms with van der Waals surface area (Å²) in [4.78, 5) is 12.6. The van der Waals surface area contributed by atoms with Crippen LogP contribution in [0.3, 0.4) is 0 Å². The Labute approximate surface area is 164 Å². The fraction of sp³-hybridized carbons (Fsp3) is 0.0952. The van der Waals surface area contributed by atoms with Crippen LogP contribution < -0.4 is 15.2 Å². The molecule has 3 aromatic carbocycles. The molecule has 0 radical (unpaired) electrons. The van der Waals surface area contributed by atoms with Gasteiger partial charge < -0.3 is 10.1 Å². The number of benzene rings is 3. The van der Waals surface area contributed by atoms with Crippen molar-refractivity contribution in [1.29, 1.82) is 0 Å². The molecule has 0 unspecified atom stereocenters. The van der Waals surface area contributed by atoms with Crippen LogP contribution in [0, 0.1) is 0 Å². The van der Waals surface area contributed by atoms with E-state index in [9.17, 15) is 13.2 Å². The number of carbonyl (C=O) groups is 1. The average Bonchev–Trinajstić information content (AvgIpc) is 2.69. The maximum atomic E-state index is 12.5. The Morgan fingerprint density at radius 1 is 0.893 bits per heavy atom.